The summed E-state index contributed by atoms with van der Waals surface area (Å²) in [6, 6.07) is 24.6. The summed E-state index contributed by atoms with van der Waals surface area (Å²) in [6.45, 7) is -0.528. The number of hydrogen-bond acceptors (Lipinski definition) is 5. The van der Waals surface area contributed by atoms with Gasteiger partial charge in [-0.2, -0.15) is 0 Å². The molecule has 0 fully saturated rings. The average molecular weight is 451 g/mol. The first-order chi connectivity index (χ1) is 15.4. The van der Waals surface area contributed by atoms with Crippen molar-refractivity contribution < 1.29 is 22.7 Å². The average Bonchev–Trinajstić information content (AvgIpc) is 2.82. The maximum absolute atomic E-state index is 12.2. The van der Waals surface area contributed by atoms with E-state index in [1.807, 2.05) is 24.3 Å². The molecule has 0 spiro atoms. The van der Waals surface area contributed by atoms with Crippen molar-refractivity contribution in [3.05, 3.63) is 107 Å². The highest BCUT2D eigenvalue weighted by Gasteiger charge is 2.11. The van der Waals surface area contributed by atoms with Gasteiger partial charge in [0.2, 0.25) is 10.0 Å². The third-order valence-corrected chi connectivity index (χ3v) is 5.35. The Morgan fingerprint density at radius 3 is 2.12 bits per heavy atom. The lowest BCUT2D eigenvalue weighted by molar-refractivity contribution is -0.143. The van der Waals surface area contributed by atoms with Crippen molar-refractivity contribution in [2.45, 2.75) is 6.61 Å². The summed E-state index contributed by atoms with van der Waals surface area (Å²) < 4.78 is 31.2. The van der Waals surface area contributed by atoms with Crippen LogP contribution in [0, 0.1) is 0 Å². The number of esters is 1. The van der Waals surface area contributed by atoms with E-state index >= 15 is 0 Å². The first kappa shape index (κ1) is 22.9. The fraction of sp³-hybridized carbons (Fsp3) is 0.0833. The molecule has 0 saturated heterocycles. The van der Waals surface area contributed by atoms with Crippen LogP contribution in [0.1, 0.15) is 21.5 Å². The number of amides is 1. The predicted molar refractivity (Wildman–Crippen MR) is 123 cm³/mol. The molecule has 0 aliphatic heterocycles. The van der Waals surface area contributed by atoms with Crippen LogP contribution in [-0.2, 0) is 26.2 Å². The summed E-state index contributed by atoms with van der Waals surface area (Å²) in [6.07, 6.45) is 1.43. The molecule has 164 valence electrons. The van der Waals surface area contributed by atoms with Crippen molar-refractivity contribution >= 4 is 33.7 Å². The number of hydrogen-bond donors (Lipinski definition) is 2. The molecule has 1 amide bonds. The molecule has 0 aliphatic carbocycles. The van der Waals surface area contributed by atoms with Gasteiger partial charge in [-0.1, -0.05) is 60.7 Å². The lowest BCUT2D eigenvalue weighted by Crippen LogP contribution is -2.29. The molecule has 2 N–H and O–H groups in total. The summed E-state index contributed by atoms with van der Waals surface area (Å²) in [4.78, 5) is 24.1. The van der Waals surface area contributed by atoms with Gasteiger partial charge in [0.1, 0.15) is 13.2 Å². The number of nitrogens with one attached hydrogen (secondary N) is 2. The Morgan fingerprint density at radius 1 is 0.844 bits per heavy atom. The van der Waals surface area contributed by atoms with Gasteiger partial charge in [-0.25, -0.2) is 13.1 Å². The number of rotatable bonds is 9. The fourth-order valence-electron chi connectivity index (χ4n) is 2.63. The van der Waals surface area contributed by atoms with Crippen LogP contribution < -0.4 is 10.0 Å². The first-order valence-corrected chi connectivity index (χ1v) is 11.3. The second-order valence-electron chi connectivity index (χ2n) is 6.76. The van der Waals surface area contributed by atoms with Crippen molar-refractivity contribution in [3.63, 3.8) is 0 Å². The predicted octanol–water partition coefficient (Wildman–Crippen LogP) is 3.57. The third-order valence-electron chi connectivity index (χ3n) is 4.30. The van der Waals surface area contributed by atoms with E-state index in [4.69, 9.17) is 4.74 Å². The Morgan fingerprint density at radius 2 is 1.47 bits per heavy atom. The van der Waals surface area contributed by atoms with Crippen molar-refractivity contribution in [1.82, 2.24) is 4.72 Å². The van der Waals surface area contributed by atoms with Crippen LogP contribution in [-0.4, -0.2) is 26.8 Å². The van der Waals surface area contributed by atoms with Crippen LogP contribution in [0.2, 0.25) is 0 Å². The maximum Gasteiger partial charge on any atom is 0.321 e. The van der Waals surface area contributed by atoms with E-state index in [2.05, 4.69) is 10.0 Å². The van der Waals surface area contributed by atoms with Gasteiger partial charge in [0.15, 0.2) is 0 Å². The van der Waals surface area contributed by atoms with Crippen LogP contribution in [0.25, 0.3) is 6.08 Å². The van der Waals surface area contributed by atoms with Gasteiger partial charge in [0.25, 0.3) is 5.91 Å². The van der Waals surface area contributed by atoms with E-state index in [0.717, 1.165) is 11.0 Å². The molecule has 0 aliphatic rings. The molecule has 3 rings (SSSR count). The summed E-state index contributed by atoms with van der Waals surface area (Å²) in [5.41, 5.74) is 2.54. The smallest absolute Gasteiger partial charge is 0.321 e. The lowest BCUT2D eigenvalue weighted by Gasteiger charge is -2.08. The number of carbonyl (C=O) groups excluding carboxylic acids is 2. The van der Waals surface area contributed by atoms with Gasteiger partial charge in [-0.3, -0.25) is 9.59 Å². The molecule has 0 radical (unpaired) electrons. The molecule has 32 heavy (non-hydrogen) atoms. The highest BCUT2D eigenvalue weighted by Crippen LogP contribution is 2.11. The van der Waals surface area contributed by atoms with Gasteiger partial charge < -0.3 is 10.1 Å². The van der Waals surface area contributed by atoms with E-state index < -0.39 is 22.5 Å². The summed E-state index contributed by atoms with van der Waals surface area (Å²) in [5.74, 6) is -0.967. The number of benzene rings is 3. The molecule has 0 aromatic heterocycles. The highest BCUT2D eigenvalue weighted by molar-refractivity contribution is 7.92. The molecule has 0 unspecified atom stereocenters. The van der Waals surface area contributed by atoms with Crippen LogP contribution in [0.5, 0.6) is 0 Å². The van der Waals surface area contributed by atoms with Gasteiger partial charge in [0.05, 0.1) is 0 Å². The van der Waals surface area contributed by atoms with Crippen LogP contribution in [0.3, 0.4) is 0 Å². The second kappa shape index (κ2) is 11.0. The fourth-order valence-corrected chi connectivity index (χ4v) is 3.38. The van der Waals surface area contributed by atoms with Crippen LogP contribution in [0.15, 0.2) is 90.3 Å². The molecular weight excluding hydrogens is 428 g/mol. The largest absolute Gasteiger partial charge is 0.460 e. The quantitative estimate of drug-likeness (QED) is 0.485. The molecule has 3 aromatic rings. The Kier molecular flexibility index (Phi) is 7.91. The zero-order valence-electron chi connectivity index (χ0n) is 17.1. The van der Waals surface area contributed by atoms with Gasteiger partial charge in [0, 0.05) is 16.7 Å². The minimum Gasteiger partial charge on any atom is -0.460 e. The molecule has 0 bridgehead atoms. The topological polar surface area (TPSA) is 102 Å². The van der Waals surface area contributed by atoms with Crippen molar-refractivity contribution in [3.8, 4) is 0 Å². The Labute approximate surface area is 186 Å². The minimum atomic E-state index is -3.77. The van der Waals surface area contributed by atoms with Gasteiger partial charge in [-0.15, -0.1) is 0 Å². The molecule has 7 nitrogen and oxygen atoms in total. The number of sulfonamides is 1. The number of carbonyl (C=O) groups is 2. The Balaban J connectivity index is 1.44. The normalized spacial score (nSPS) is 11.2. The van der Waals surface area contributed by atoms with Crippen molar-refractivity contribution in [2.24, 2.45) is 0 Å². The monoisotopic (exact) mass is 450 g/mol. The van der Waals surface area contributed by atoms with E-state index in [1.165, 1.54) is 6.08 Å². The van der Waals surface area contributed by atoms with E-state index in [-0.39, 0.29) is 12.5 Å². The minimum absolute atomic E-state index is 0.0407. The standard InChI is InChI=1S/C24H22N2O5S/c27-23(17-25-32(29,30)16-15-19-7-3-1-4-8-19)31-18-20-11-13-21(14-12-20)24(28)26-22-9-5-2-6-10-22/h1-16,25H,17-18H2,(H,26,28)/b16-15+. The number of anilines is 1. The number of para-hydroxylation sites is 1. The van der Waals surface area contributed by atoms with E-state index in [0.29, 0.717) is 16.8 Å². The van der Waals surface area contributed by atoms with E-state index in [9.17, 15) is 18.0 Å². The Bertz CT molecular complexity index is 1180. The van der Waals surface area contributed by atoms with Crippen LogP contribution in [0.4, 0.5) is 5.69 Å². The highest BCUT2D eigenvalue weighted by atomic mass is 32.2. The third kappa shape index (κ3) is 7.50. The molecular formula is C24H22N2O5S. The first-order valence-electron chi connectivity index (χ1n) is 9.75. The molecule has 0 heterocycles. The maximum atomic E-state index is 12.2. The summed E-state index contributed by atoms with van der Waals surface area (Å²) in [5, 5.41) is 3.78. The van der Waals surface area contributed by atoms with Gasteiger partial charge in [-0.05, 0) is 41.5 Å². The van der Waals surface area contributed by atoms with Gasteiger partial charge >= 0.3 is 5.97 Å². The SMILES string of the molecule is O=C(CNS(=O)(=O)/C=C/c1ccccc1)OCc1ccc(C(=O)Nc2ccccc2)cc1. The molecule has 0 atom stereocenters. The molecule has 3 aromatic carbocycles. The second-order valence-corrected chi connectivity index (χ2v) is 8.41. The van der Waals surface area contributed by atoms with Crippen molar-refractivity contribution in [2.75, 3.05) is 11.9 Å². The summed E-state index contributed by atoms with van der Waals surface area (Å²) in [7, 11) is -3.77. The zero-order valence-corrected chi connectivity index (χ0v) is 17.9. The molecule has 0 saturated carbocycles. The van der Waals surface area contributed by atoms with Crippen LogP contribution >= 0.6 is 0 Å². The van der Waals surface area contributed by atoms with E-state index in [1.54, 1.807) is 60.7 Å². The zero-order chi connectivity index (χ0) is 22.8. The Hall–Kier alpha value is -3.75. The van der Waals surface area contributed by atoms with Crippen molar-refractivity contribution in [1.29, 1.82) is 0 Å². The summed E-state index contributed by atoms with van der Waals surface area (Å²) >= 11 is 0. The number of ether oxygens (including phenoxy) is 1. The lowest BCUT2D eigenvalue weighted by atomic mass is 10.1. The molecule has 8 heteroatoms.